The van der Waals surface area contributed by atoms with E-state index in [2.05, 4.69) is 12.2 Å². The van der Waals surface area contributed by atoms with E-state index in [0.29, 0.717) is 25.6 Å². The van der Waals surface area contributed by atoms with Crippen LogP contribution < -0.4 is 5.32 Å². The molecule has 0 aliphatic carbocycles. The Kier molecular flexibility index (Phi) is 9.10. The summed E-state index contributed by atoms with van der Waals surface area (Å²) in [5, 5.41) is 11.3. The number of carboxylic acid groups (broad SMARTS) is 1. The minimum atomic E-state index is -3.49. The molecular weight excluding hydrogens is 396 g/mol. The van der Waals surface area contributed by atoms with Gasteiger partial charge in [0.05, 0.1) is 10.5 Å². The van der Waals surface area contributed by atoms with E-state index in [0.717, 1.165) is 12.8 Å². The molecular formula is C20H32N2O6S. The van der Waals surface area contributed by atoms with Crippen molar-refractivity contribution in [2.45, 2.75) is 58.0 Å². The fourth-order valence-electron chi connectivity index (χ4n) is 2.60. The first-order valence-electron chi connectivity index (χ1n) is 9.67. The molecule has 2 N–H and O–H groups in total. The quantitative estimate of drug-likeness (QED) is 0.760. The first kappa shape index (κ1) is 24.9. The van der Waals surface area contributed by atoms with Crippen LogP contribution in [-0.2, 0) is 14.8 Å². The maximum absolute atomic E-state index is 12.4. The van der Waals surface area contributed by atoms with Gasteiger partial charge in [-0.15, -0.1) is 0 Å². The molecule has 1 saturated heterocycles. The van der Waals surface area contributed by atoms with Crippen LogP contribution in [0.25, 0.3) is 0 Å². The maximum Gasteiger partial charge on any atom is 0.407 e. The normalized spacial score (nSPS) is 15.8. The lowest BCUT2D eigenvalue weighted by Crippen LogP contribution is -2.37. The zero-order valence-electron chi connectivity index (χ0n) is 17.8. The number of alkyl carbamates (subject to hydrolysis) is 1. The number of rotatable bonds is 4. The molecule has 1 aromatic rings. The number of ether oxygens (including phenoxy) is 1. The molecule has 2 rings (SSSR count). The summed E-state index contributed by atoms with van der Waals surface area (Å²) in [5.41, 5.74) is -0.301. The van der Waals surface area contributed by atoms with Gasteiger partial charge in [0.1, 0.15) is 5.60 Å². The second-order valence-corrected chi connectivity index (χ2v) is 9.89. The van der Waals surface area contributed by atoms with Crippen molar-refractivity contribution in [1.82, 2.24) is 9.62 Å². The predicted octanol–water partition coefficient (Wildman–Crippen LogP) is 3.34. The number of carbonyl (C=O) groups is 2. The molecule has 1 amide bonds. The number of sulfonamides is 1. The van der Waals surface area contributed by atoms with Crippen molar-refractivity contribution >= 4 is 22.1 Å². The van der Waals surface area contributed by atoms with Crippen molar-refractivity contribution in [2.24, 2.45) is 5.92 Å². The molecule has 0 spiro atoms. The number of carboxylic acids is 1. The molecule has 1 aliphatic rings. The number of hydrogen-bond donors (Lipinski definition) is 2. The van der Waals surface area contributed by atoms with Gasteiger partial charge in [0.2, 0.25) is 10.0 Å². The average Bonchev–Trinajstić information content (AvgIpc) is 2.61. The second-order valence-electron chi connectivity index (χ2n) is 7.95. The van der Waals surface area contributed by atoms with Crippen LogP contribution >= 0.6 is 0 Å². The first-order chi connectivity index (χ1) is 13.4. The number of nitrogens with zero attached hydrogens (tertiary/aromatic N) is 1. The predicted molar refractivity (Wildman–Crippen MR) is 110 cm³/mol. The average molecular weight is 429 g/mol. The molecule has 8 nitrogen and oxygen atoms in total. The van der Waals surface area contributed by atoms with E-state index in [9.17, 15) is 18.0 Å². The molecule has 0 radical (unpaired) electrons. The summed E-state index contributed by atoms with van der Waals surface area (Å²) < 4.78 is 31.1. The largest absolute Gasteiger partial charge is 0.478 e. The lowest BCUT2D eigenvalue weighted by Gasteiger charge is -2.29. The molecule has 9 heteroatoms. The highest BCUT2D eigenvalue weighted by molar-refractivity contribution is 7.89. The van der Waals surface area contributed by atoms with Crippen LogP contribution in [0.2, 0.25) is 0 Å². The van der Waals surface area contributed by atoms with Gasteiger partial charge in [-0.25, -0.2) is 18.0 Å². The molecule has 0 saturated carbocycles. The lowest BCUT2D eigenvalue weighted by atomic mass is 10.0. The fraction of sp³-hybridized carbons (Fsp3) is 0.600. The zero-order valence-corrected chi connectivity index (χ0v) is 18.6. The zero-order chi connectivity index (χ0) is 22.2. The summed E-state index contributed by atoms with van der Waals surface area (Å²) >= 11 is 0. The summed E-state index contributed by atoms with van der Waals surface area (Å²) in [4.78, 5) is 21.6. The van der Waals surface area contributed by atoms with Crippen molar-refractivity contribution in [2.75, 3.05) is 19.6 Å². The number of amides is 1. The van der Waals surface area contributed by atoms with Crippen molar-refractivity contribution in [3.63, 3.8) is 0 Å². The Morgan fingerprint density at radius 1 is 1.17 bits per heavy atom. The summed E-state index contributed by atoms with van der Waals surface area (Å²) in [5.74, 6) is -0.503. The van der Waals surface area contributed by atoms with Crippen LogP contribution in [0, 0.1) is 5.92 Å². The van der Waals surface area contributed by atoms with E-state index in [1.165, 1.54) is 28.6 Å². The van der Waals surface area contributed by atoms with Crippen LogP contribution in [0.3, 0.4) is 0 Å². The maximum atomic E-state index is 12.4. The third kappa shape index (κ3) is 8.41. The standard InChI is InChI=1S/C13H17NO4S.C7H15NO2/c1-10-6-8-14(9-7-10)19(17,18)12-4-2-11(3-5-12)13(15)16;1-5-8-6(9)10-7(2,3)4/h2-5,10H,6-9H2,1H3,(H,15,16);5H2,1-4H3,(H,8,9). The van der Waals surface area contributed by atoms with E-state index in [1.807, 2.05) is 27.7 Å². The van der Waals surface area contributed by atoms with Gasteiger partial charge in [-0.1, -0.05) is 6.92 Å². The van der Waals surface area contributed by atoms with E-state index < -0.39 is 16.0 Å². The van der Waals surface area contributed by atoms with E-state index >= 15 is 0 Å². The Morgan fingerprint density at radius 2 is 1.69 bits per heavy atom. The number of carbonyl (C=O) groups excluding carboxylic acids is 1. The van der Waals surface area contributed by atoms with Crippen molar-refractivity contribution in [3.8, 4) is 0 Å². The minimum absolute atomic E-state index is 0.0891. The van der Waals surface area contributed by atoms with Gasteiger partial charge in [0.25, 0.3) is 0 Å². The van der Waals surface area contributed by atoms with Crippen molar-refractivity contribution in [1.29, 1.82) is 0 Å². The van der Waals surface area contributed by atoms with Crippen LogP contribution in [0.1, 0.15) is 57.8 Å². The highest BCUT2D eigenvalue weighted by Crippen LogP contribution is 2.23. The third-order valence-corrected chi connectivity index (χ3v) is 6.11. The Bertz CT molecular complexity index is 776. The topological polar surface area (TPSA) is 113 Å². The molecule has 1 aromatic carbocycles. The molecule has 1 fully saturated rings. The Balaban J connectivity index is 0.000000359. The molecule has 0 unspecified atom stereocenters. The van der Waals surface area contributed by atoms with Crippen LogP contribution in [0.15, 0.2) is 29.2 Å². The van der Waals surface area contributed by atoms with Gasteiger partial charge in [0, 0.05) is 19.6 Å². The second kappa shape index (κ2) is 10.6. The Labute approximate surface area is 173 Å². The number of hydrogen-bond acceptors (Lipinski definition) is 5. The van der Waals surface area contributed by atoms with Gasteiger partial charge in [-0.2, -0.15) is 4.31 Å². The number of nitrogens with one attached hydrogen (secondary N) is 1. The fourth-order valence-corrected chi connectivity index (χ4v) is 4.07. The van der Waals surface area contributed by atoms with Gasteiger partial charge in [0.15, 0.2) is 0 Å². The third-order valence-electron chi connectivity index (χ3n) is 4.20. The smallest absolute Gasteiger partial charge is 0.407 e. The highest BCUT2D eigenvalue weighted by Gasteiger charge is 2.28. The number of aromatic carboxylic acids is 1. The van der Waals surface area contributed by atoms with Crippen LogP contribution in [0.4, 0.5) is 4.79 Å². The van der Waals surface area contributed by atoms with Crippen molar-refractivity contribution < 1.29 is 27.9 Å². The van der Waals surface area contributed by atoms with E-state index in [4.69, 9.17) is 9.84 Å². The number of benzene rings is 1. The van der Waals surface area contributed by atoms with E-state index in [-0.39, 0.29) is 22.2 Å². The lowest BCUT2D eigenvalue weighted by molar-refractivity contribution is 0.0530. The summed E-state index contributed by atoms with van der Waals surface area (Å²) in [6.45, 7) is 11.1. The molecule has 164 valence electrons. The van der Waals surface area contributed by atoms with Crippen molar-refractivity contribution in [3.05, 3.63) is 29.8 Å². The highest BCUT2D eigenvalue weighted by atomic mass is 32.2. The SMILES string of the molecule is CC1CCN(S(=O)(=O)c2ccc(C(=O)O)cc2)CC1.CCNC(=O)OC(C)(C)C. The molecule has 1 heterocycles. The molecule has 0 aromatic heterocycles. The Hall–Kier alpha value is -2.13. The van der Waals surface area contributed by atoms with E-state index in [1.54, 1.807) is 0 Å². The molecule has 0 bridgehead atoms. The first-order valence-corrected chi connectivity index (χ1v) is 11.1. The summed E-state index contributed by atoms with van der Waals surface area (Å²) in [7, 11) is -3.49. The van der Waals surface area contributed by atoms with Gasteiger partial charge in [-0.3, -0.25) is 0 Å². The van der Waals surface area contributed by atoms with Crippen LogP contribution in [0.5, 0.6) is 0 Å². The number of piperidine rings is 1. The van der Waals surface area contributed by atoms with Gasteiger partial charge in [-0.05, 0) is 70.7 Å². The molecule has 0 atom stereocenters. The molecule has 1 aliphatic heterocycles. The molecule has 29 heavy (non-hydrogen) atoms. The summed E-state index contributed by atoms with van der Waals surface area (Å²) in [6, 6.07) is 5.36. The Morgan fingerprint density at radius 3 is 2.10 bits per heavy atom. The monoisotopic (exact) mass is 428 g/mol. The van der Waals surface area contributed by atoms with Crippen LogP contribution in [-0.4, -0.2) is 55.1 Å². The van der Waals surface area contributed by atoms with Gasteiger partial charge >= 0.3 is 12.1 Å². The van der Waals surface area contributed by atoms with Gasteiger partial charge < -0.3 is 15.2 Å². The summed E-state index contributed by atoms with van der Waals surface area (Å²) in [6.07, 6.45) is 1.38. The minimum Gasteiger partial charge on any atom is -0.478 e.